The number of nitrogens with zero attached hydrogens (tertiary/aromatic N) is 2. The van der Waals surface area contributed by atoms with Crippen molar-refractivity contribution in [3.05, 3.63) is 36.3 Å². The molecule has 1 aliphatic heterocycles. The highest BCUT2D eigenvalue weighted by molar-refractivity contribution is 5.93. The smallest absolute Gasteiger partial charge is 0.260 e. The second kappa shape index (κ2) is 4.76. The summed E-state index contributed by atoms with van der Waals surface area (Å²) in [6.07, 6.45) is 5.08. The summed E-state index contributed by atoms with van der Waals surface area (Å²) in [6.45, 7) is 0.845. The molecule has 1 aliphatic rings. The van der Waals surface area contributed by atoms with Crippen molar-refractivity contribution in [2.24, 2.45) is 0 Å². The lowest BCUT2D eigenvalue weighted by Gasteiger charge is -2.03. The molecule has 1 atom stereocenters. The highest BCUT2D eigenvalue weighted by atomic mass is 16.5. The van der Waals surface area contributed by atoms with Gasteiger partial charge in [0, 0.05) is 30.1 Å². The molecule has 5 heteroatoms. The van der Waals surface area contributed by atoms with Gasteiger partial charge in [-0.15, -0.1) is 0 Å². The summed E-state index contributed by atoms with van der Waals surface area (Å²) in [5.74, 6) is 1.28. The number of fused-ring (bicyclic) bond motifs is 1. The number of hydrogen-bond donors (Lipinski definition) is 1. The minimum atomic E-state index is 0.239. The Morgan fingerprint density at radius 2 is 2.25 bits per heavy atom. The van der Waals surface area contributed by atoms with Crippen molar-refractivity contribution in [1.82, 2.24) is 15.1 Å². The summed E-state index contributed by atoms with van der Waals surface area (Å²) < 4.78 is 11.0. The standard InChI is InChI=1S/C15H15N3O2/c1-2-6-13-11(5-1)12(9-16-13)15-17-14(18-20-15)8-10-4-3-7-19-10/h1-2,5-6,9-10,16H,3-4,7-8H2. The minimum absolute atomic E-state index is 0.239. The number of para-hydroxylation sites is 1. The van der Waals surface area contributed by atoms with Gasteiger partial charge in [-0.1, -0.05) is 23.4 Å². The van der Waals surface area contributed by atoms with Crippen molar-refractivity contribution < 1.29 is 9.26 Å². The fourth-order valence-electron chi connectivity index (χ4n) is 2.70. The molecule has 2 aromatic heterocycles. The van der Waals surface area contributed by atoms with Crippen LogP contribution >= 0.6 is 0 Å². The Bertz CT molecular complexity index is 725. The summed E-state index contributed by atoms with van der Waals surface area (Å²) in [7, 11) is 0. The molecule has 1 fully saturated rings. The van der Waals surface area contributed by atoms with Crippen LogP contribution in [0.4, 0.5) is 0 Å². The first kappa shape index (κ1) is 11.7. The zero-order valence-electron chi connectivity index (χ0n) is 11.0. The summed E-state index contributed by atoms with van der Waals surface area (Å²) in [5, 5.41) is 5.16. The monoisotopic (exact) mass is 269 g/mol. The van der Waals surface area contributed by atoms with E-state index in [0.717, 1.165) is 48.2 Å². The lowest BCUT2D eigenvalue weighted by molar-refractivity contribution is 0.109. The quantitative estimate of drug-likeness (QED) is 0.794. The van der Waals surface area contributed by atoms with E-state index in [9.17, 15) is 0 Å². The van der Waals surface area contributed by atoms with Crippen LogP contribution in [-0.2, 0) is 11.2 Å². The van der Waals surface area contributed by atoms with Gasteiger partial charge in [-0.05, 0) is 18.9 Å². The number of aromatic amines is 1. The van der Waals surface area contributed by atoms with Crippen molar-refractivity contribution in [2.45, 2.75) is 25.4 Å². The largest absolute Gasteiger partial charge is 0.378 e. The van der Waals surface area contributed by atoms with Gasteiger partial charge in [0.1, 0.15) is 0 Å². The van der Waals surface area contributed by atoms with Gasteiger partial charge in [0.05, 0.1) is 11.7 Å². The van der Waals surface area contributed by atoms with Gasteiger partial charge in [0.2, 0.25) is 0 Å². The van der Waals surface area contributed by atoms with Gasteiger partial charge in [-0.2, -0.15) is 4.98 Å². The SMILES string of the molecule is c1ccc2c(-c3nc(CC4CCCO4)no3)c[nH]c2c1. The third-order valence-corrected chi connectivity index (χ3v) is 3.72. The Hall–Kier alpha value is -2.14. The van der Waals surface area contributed by atoms with E-state index in [2.05, 4.69) is 15.1 Å². The van der Waals surface area contributed by atoms with E-state index >= 15 is 0 Å². The average molecular weight is 269 g/mol. The van der Waals surface area contributed by atoms with Gasteiger partial charge >= 0.3 is 0 Å². The number of hydrogen-bond acceptors (Lipinski definition) is 4. The van der Waals surface area contributed by atoms with Crippen LogP contribution in [-0.4, -0.2) is 27.8 Å². The number of H-pyrrole nitrogens is 1. The Kier molecular flexibility index (Phi) is 2.77. The molecule has 1 aromatic carbocycles. The number of rotatable bonds is 3. The lowest BCUT2D eigenvalue weighted by atomic mass is 10.1. The van der Waals surface area contributed by atoms with Gasteiger partial charge in [0.25, 0.3) is 5.89 Å². The Labute approximate surface area is 115 Å². The van der Waals surface area contributed by atoms with E-state index in [-0.39, 0.29) is 6.10 Å². The zero-order chi connectivity index (χ0) is 13.4. The Balaban J connectivity index is 1.64. The second-order valence-electron chi connectivity index (χ2n) is 5.10. The molecule has 4 rings (SSSR count). The van der Waals surface area contributed by atoms with Crippen molar-refractivity contribution in [1.29, 1.82) is 0 Å². The molecule has 0 bridgehead atoms. The van der Waals surface area contributed by atoms with E-state index in [1.165, 1.54) is 0 Å². The maximum Gasteiger partial charge on any atom is 0.260 e. The first-order valence-corrected chi connectivity index (χ1v) is 6.91. The maximum absolute atomic E-state index is 5.60. The summed E-state index contributed by atoms with van der Waals surface area (Å²) in [5.41, 5.74) is 2.02. The normalized spacial score (nSPS) is 18.9. The van der Waals surface area contributed by atoms with E-state index in [0.29, 0.717) is 5.89 Å². The van der Waals surface area contributed by atoms with Crippen molar-refractivity contribution in [2.75, 3.05) is 6.61 Å². The third-order valence-electron chi connectivity index (χ3n) is 3.72. The molecule has 0 aliphatic carbocycles. The van der Waals surface area contributed by atoms with Crippen molar-refractivity contribution in [3.63, 3.8) is 0 Å². The molecule has 20 heavy (non-hydrogen) atoms. The minimum Gasteiger partial charge on any atom is -0.378 e. The predicted molar refractivity (Wildman–Crippen MR) is 74.3 cm³/mol. The van der Waals surface area contributed by atoms with Gasteiger partial charge in [-0.25, -0.2) is 0 Å². The van der Waals surface area contributed by atoms with Crippen LogP contribution in [0.2, 0.25) is 0 Å². The van der Waals surface area contributed by atoms with E-state index in [1.54, 1.807) is 0 Å². The van der Waals surface area contributed by atoms with Crippen molar-refractivity contribution >= 4 is 10.9 Å². The molecule has 1 N–H and O–H groups in total. The van der Waals surface area contributed by atoms with Crippen LogP contribution in [0.3, 0.4) is 0 Å². The Morgan fingerprint density at radius 3 is 3.15 bits per heavy atom. The molecule has 1 unspecified atom stereocenters. The predicted octanol–water partition coefficient (Wildman–Crippen LogP) is 2.94. The summed E-state index contributed by atoms with van der Waals surface area (Å²) in [4.78, 5) is 7.71. The number of nitrogens with one attached hydrogen (secondary N) is 1. The van der Waals surface area contributed by atoms with Crippen LogP contribution in [0.5, 0.6) is 0 Å². The highest BCUT2D eigenvalue weighted by Gasteiger charge is 2.20. The molecule has 3 heterocycles. The van der Waals surface area contributed by atoms with E-state index in [4.69, 9.17) is 9.26 Å². The molecule has 0 radical (unpaired) electrons. The fourth-order valence-corrected chi connectivity index (χ4v) is 2.70. The number of aromatic nitrogens is 3. The van der Waals surface area contributed by atoms with E-state index in [1.807, 2.05) is 30.5 Å². The molecule has 0 saturated carbocycles. The first-order chi connectivity index (χ1) is 9.90. The first-order valence-electron chi connectivity index (χ1n) is 6.91. The highest BCUT2D eigenvalue weighted by Crippen LogP contribution is 2.27. The topological polar surface area (TPSA) is 63.9 Å². The Morgan fingerprint density at radius 1 is 1.30 bits per heavy atom. The van der Waals surface area contributed by atoms with Crippen molar-refractivity contribution in [3.8, 4) is 11.5 Å². The number of ether oxygens (including phenoxy) is 1. The zero-order valence-corrected chi connectivity index (χ0v) is 11.0. The van der Waals surface area contributed by atoms with Crippen LogP contribution in [0.15, 0.2) is 35.0 Å². The second-order valence-corrected chi connectivity index (χ2v) is 5.10. The molecular formula is C15H15N3O2. The van der Waals surface area contributed by atoms with Crippen LogP contribution in [0.25, 0.3) is 22.4 Å². The molecule has 1 saturated heterocycles. The van der Waals surface area contributed by atoms with Crippen LogP contribution < -0.4 is 0 Å². The van der Waals surface area contributed by atoms with Crippen LogP contribution in [0, 0.1) is 0 Å². The summed E-state index contributed by atoms with van der Waals surface area (Å²) >= 11 is 0. The van der Waals surface area contributed by atoms with E-state index < -0.39 is 0 Å². The van der Waals surface area contributed by atoms with Gasteiger partial charge in [0.15, 0.2) is 5.82 Å². The summed E-state index contributed by atoms with van der Waals surface area (Å²) in [6, 6.07) is 8.08. The molecule has 102 valence electrons. The number of benzene rings is 1. The van der Waals surface area contributed by atoms with Gasteiger partial charge < -0.3 is 14.2 Å². The molecule has 5 nitrogen and oxygen atoms in total. The third kappa shape index (κ3) is 2.00. The average Bonchev–Trinajstić information content (AvgIpc) is 3.18. The fraction of sp³-hybridized carbons (Fsp3) is 0.333. The van der Waals surface area contributed by atoms with Gasteiger partial charge in [-0.3, -0.25) is 0 Å². The molecule has 0 spiro atoms. The lowest BCUT2D eigenvalue weighted by Crippen LogP contribution is -2.09. The molecular weight excluding hydrogens is 254 g/mol. The maximum atomic E-state index is 5.60. The molecule has 3 aromatic rings. The van der Waals surface area contributed by atoms with Crippen LogP contribution in [0.1, 0.15) is 18.7 Å². The molecule has 0 amide bonds.